The summed E-state index contributed by atoms with van der Waals surface area (Å²) >= 11 is 0. The normalized spacial score (nSPS) is 10.8. The minimum Gasteiger partial charge on any atom is -0.330 e. The van der Waals surface area contributed by atoms with E-state index in [-0.39, 0.29) is 0 Å². The molecule has 0 fully saturated rings. The Kier molecular flexibility index (Phi) is 3.29. The maximum Gasteiger partial charge on any atom is 0.0715 e. The van der Waals surface area contributed by atoms with Crippen molar-refractivity contribution in [1.82, 2.24) is 9.78 Å². The van der Waals surface area contributed by atoms with Gasteiger partial charge in [0.15, 0.2) is 0 Å². The maximum absolute atomic E-state index is 5.62. The van der Waals surface area contributed by atoms with Gasteiger partial charge in [0.25, 0.3) is 0 Å². The van der Waals surface area contributed by atoms with Crippen LogP contribution in [0.3, 0.4) is 0 Å². The van der Waals surface area contributed by atoms with E-state index in [4.69, 9.17) is 5.73 Å². The standard InChI is InChI=1S/C14H19N3/c1-10-4-5-12(8-11(10)2)13-9-17(3)16-14(13)6-7-15/h4-5,8-9H,6-7,15H2,1-3H3. The maximum atomic E-state index is 5.62. The molecule has 17 heavy (non-hydrogen) atoms. The van der Waals surface area contributed by atoms with Crippen LogP contribution in [0.4, 0.5) is 0 Å². The first kappa shape index (κ1) is 11.9. The van der Waals surface area contributed by atoms with Crippen LogP contribution in [-0.2, 0) is 13.5 Å². The molecule has 2 rings (SSSR count). The number of hydrogen-bond acceptors (Lipinski definition) is 2. The van der Waals surface area contributed by atoms with Gasteiger partial charge >= 0.3 is 0 Å². The predicted molar refractivity (Wildman–Crippen MR) is 70.9 cm³/mol. The lowest BCUT2D eigenvalue weighted by Crippen LogP contribution is -2.04. The first-order valence-electron chi connectivity index (χ1n) is 5.92. The Hall–Kier alpha value is -1.61. The van der Waals surface area contributed by atoms with E-state index in [1.807, 2.05) is 11.7 Å². The third-order valence-electron chi connectivity index (χ3n) is 3.10. The Bertz CT molecular complexity index is 526. The van der Waals surface area contributed by atoms with Gasteiger partial charge in [0, 0.05) is 25.2 Å². The molecule has 0 amide bonds. The summed E-state index contributed by atoms with van der Waals surface area (Å²) in [6.45, 7) is 4.90. The highest BCUT2D eigenvalue weighted by molar-refractivity contribution is 5.66. The predicted octanol–water partition coefficient (Wildman–Crippen LogP) is 2.21. The molecule has 0 aliphatic carbocycles. The smallest absolute Gasteiger partial charge is 0.0715 e. The van der Waals surface area contributed by atoms with Gasteiger partial charge in [0.05, 0.1) is 5.69 Å². The lowest BCUT2D eigenvalue weighted by molar-refractivity contribution is 0.739. The summed E-state index contributed by atoms with van der Waals surface area (Å²) in [6.07, 6.45) is 2.89. The molecule has 1 aromatic heterocycles. The molecule has 0 spiro atoms. The van der Waals surface area contributed by atoms with Gasteiger partial charge in [0.2, 0.25) is 0 Å². The van der Waals surface area contributed by atoms with E-state index >= 15 is 0 Å². The van der Waals surface area contributed by atoms with Gasteiger partial charge in [0.1, 0.15) is 0 Å². The number of hydrogen-bond donors (Lipinski definition) is 1. The van der Waals surface area contributed by atoms with Crippen LogP contribution in [0.2, 0.25) is 0 Å². The topological polar surface area (TPSA) is 43.8 Å². The van der Waals surface area contributed by atoms with Gasteiger partial charge in [-0.25, -0.2) is 0 Å². The van der Waals surface area contributed by atoms with E-state index in [9.17, 15) is 0 Å². The quantitative estimate of drug-likeness (QED) is 0.877. The number of nitrogens with zero attached hydrogens (tertiary/aromatic N) is 2. The fraction of sp³-hybridized carbons (Fsp3) is 0.357. The molecule has 2 aromatic rings. The van der Waals surface area contributed by atoms with Crippen LogP contribution in [0.25, 0.3) is 11.1 Å². The second kappa shape index (κ2) is 4.72. The Morgan fingerprint density at radius 1 is 1.24 bits per heavy atom. The summed E-state index contributed by atoms with van der Waals surface area (Å²) in [7, 11) is 1.95. The minimum absolute atomic E-state index is 0.634. The number of rotatable bonds is 3. The SMILES string of the molecule is Cc1ccc(-c2cn(C)nc2CCN)cc1C. The monoisotopic (exact) mass is 229 g/mol. The van der Waals surface area contributed by atoms with E-state index in [1.165, 1.54) is 22.3 Å². The minimum atomic E-state index is 0.634. The van der Waals surface area contributed by atoms with Crippen LogP contribution >= 0.6 is 0 Å². The highest BCUT2D eigenvalue weighted by Gasteiger charge is 2.09. The Labute approximate surface area is 102 Å². The first-order chi connectivity index (χ1) is 8.11. The van der Waals surface area contributed by atoms with Crippen molar-refractivity contribution in [3.63, 3.8) is 0 Å². The van der Waals surface area contributed by atoms with Crippen LogP contribution in [0, 0.1) is 13.8 Å². The molecule has 0 saturated heterocycles. The number of aryl methyl sites for hydroxylation is 3. The zero-order valence-electron chi connectivity index (χ0n) is 10.7. The Morgan fingerprint density at radius 3 is 2.65 bits per heavy atom. The molecule has 2 N–H and O–H groups in total. The van der Waals surface area contributed by atoms with Crippen molar-refractivity contribution in [2.45, 2.75) is 20.3 Å². The van der Waals surface area contributed by atoms with Gasteiger partial charge in [-0.3, -0.25) is 4.68 Å². The fourth-order valence-electron chi connectivity index (χ4n) is 2.01. The summed E-state index contributed by atoms with van der Waals surface area (Å²) in [5, 5.41) is 4.47. The summed E-state index contributed by atoms with van der Waals surface area (Å²) in [5.41, 5.74) is 11.8. The molecular formula is C14H19N3. The van der Waals surface area contributed by atoms with E-state index in [0.29, 0.717) is 6.54 Å². The summed E-state index contributed by atoms with van der Waals surface area (Å²) in [5.74, 6) is 0. The van der Waals surface area contributed by atoms with E-state index in [1.54, 1.807) is 0 Å². The van der Waals surface area contributed by atoms with Crippen molar-refractivity contribution in [3.8, 4) is 11.1 Å². The van der Waals surface area contributed by atoms with Gasteiger partial charge in [-0.2, -0.15) is 5.10 Å². The lowest BCUT2D eigenvalue weighted by atomic mass is 10.00. The third kappa shape index (κ3) is 2.39. The summed E-state index contributed by atoms with van der Waals surface area (Å²) < 4.78 is 1.86. The molecular weight excluding hydrogens is 210 g/mol. The highest BCUT2D eigenvalue weighted by Crippen LogP contribution is 2.25. The van der Waals surface area contributed by atoms with Gasteiger partial charge in [-0.1, -0.05) is 18.2 Å². The van der Waals surface area contributed by atoms with Crippen LogP contribution in [0.1, 0.15) is 16.8 Å². The molecule has 0 unspecified atom stereocenters. The zero-order chi connectivity index (χ0) is 12.4. The highest BCUT2D eigenvalue weighted by atomic mass is 15.2. The van der Waals surface area contributed by atoms with Crippen molar-refractivity contribution >= 4 is 0 Å². The van der Waals surface area contributed by atoms with Crippen molar-refractivity contribution in [2.24, 2.45) is 12.8 Å². The molecule has 0 radical (unpaired) electrons. The second-order valence-corrected chi connectivity index (χ2v) is 4.50. The summed E-state index contributed by atoms with van der Waals surface area (Å²) in [4.78, 5) is 0. The van der Waals surface area contributed by atoms with E-state index < -0.39 is 0 Å². The zero-order valence-corrected chi connectivity index (χ0v) is 10.7. The van der Waals surface area contributed by atoms with E-state index in [2.05, 4.69) is 43.3 Å². The fourth-order valence-corrected chi connectivity index (χ4v) is 2.01. The molecule has 0 bridgehead atoms. The lowest BCUT2D eigenvalue weighted by Gasteiger charge is -2.05. The first-order valence-corrected chi connectivity index (χ1v) is 5.92. The molecule has 3 heteroatoms. The Morgan fingerprint density at radius 2 is 2.00 bits per heavy atom. The molecule has 0 aliphatic rings. The average molecular weight is 229 g/mol. The second-order valence-electron chi connectivity index (χ2n) is 4.50. The Balaban J connectivity index is 2.47. The van der Waals surface area contributed by atoms with Crippen LogP contribution in [-0.4, -0.2) is 16.3 Å². The van der Waals surface area contributed by atoms with Crippen molar-refractivity contribution in [1.29, 1.82) is 0 Å². The number of nitrogens with two attached hydrogens (primary N) is 1. The van der Waals surface area contributed by atoms with Crippen molar-refractivity contribution < 1.29 is 0 Å². The van der Waals surface area contributed by atoms with Crippen LogP contribution in [0.5, 0.6) is 0 Å². The molecule has 1 aromatic carbocycles. The number of benzene rings is 1. The molecule has 3 nitrogen and oxygen atoms in total. The number of aromatic nitrogens is 2. The van der Waals surface area contributed by atoms with E-state index in [0.717, 1.165) is 12.1 Å². The molecule has 0 atom stereocenters. The third-order valence-corrected chi connectivity index (χ3v) is 3.10. The van der Waals surface area contributed by atoms with Gasteiger partial charge in [-0.05, 0) is 37.1 Å². The molecule has 1 heterocycles. The van der Waals surface area contributed by atoms with Gasteiger partial charge < -0.3 is 5.73 Å². The average Bonchev–Trinajstić information content (AvgIpc) is 2.64. The molecule has 0 aliphatic heterocycles. The molecule has 0 saturated carbocycles. The molecule has 90 valence electrons. The van der Waals surface area contributed by atoms with Crippen LogP contribution in [0.15, 0.2) is 24.4 Å². The van der Waals surface area contributed by atoms with Crippen molar-refractivity contribution in [2.75, 3.05) is 6.54 Å². The van der Waals surface area contributed by atoms with Crippen LogP contribution < -0.4 is 5.73 Å². The van der Waals surface area contributed by atoms with Gasteiger partial charge in [-0.15, -0.1) is 0 Å². The van der Waals surface area contributed by atoms with Crippen molar-refractivity contribution in [3.05, 3.63) is 41.2 Å². The largest absolute Gasteiger partial charge is 0.330 e. The summed E-state index contributed by atoms with van der Waals surface area (Å²) in [6, 6.07) is 6.52.